The average Bonchev–Trinajstić information content (AvgIpc) is 2.74. The van der Waals surface area contributed by atoms with E-state index < -0.39 is 0 Å². The van der Waals surface area contributed by atoms with Crippen LogP contribution in [0.1, 0.15) is 24.4 Å². The first-order valence-corrected chi connectivity index (χ1v) is 10.0. The maximum absolute atomic E-state index is 12.7. The summed E-state index contributed by atoms with van der Waals surface area (Å²) in [5.74, 6) is 1.60. The van der Waals surface area contributed by atoms with Crippen LogP contribution in [0.5, 0.6) is 5.75 Å². The quantitative estimate of drug-likeness (QED) is 0.718. The van der Waals surface area contributed by atoms with E-state index >= 15 is 0 Å². The number of carbonyl (C=O) groups is 1. The molecular weight excluding hydrogens is 364 g/mol. The van der Waals surface area contributed by atoms with Crippen molar-refractivity contribution in [3.63, 3.8) is 0 Å². The highest BCUT2D eigenvalue weighted by Gasteiger charge is 2.26. The summed E-state index contributed by atoms with van der Waals surface area (Å²) in [7, 11) is 1.61. The summed E-state index contributed by atoms with van der Waals surface area (Å²) >= 11 is 0. The standard InChI is InChI=1S/C23H26N4O2/c1-16-18-7-3-4-8-19(18)25-22(24-16)15-27-13-11-17(12-14-27)23(28)26-20-9-5-6-10-21(20)29-2/h3-10,17H,11-15H2,1-2H3,(H,26,28). The average molecular weight is 390 g/mol. The van der Waals surface area contributed by atoms with Gasteiger partial charge in [0.2, 0.25) is 5.91 Å². The minimum atomic E-state index is 0.00965. The molecule has 1 aromatic heterocycles. The van der Waals surface area contributed by atoms with Gasteiger partial charge in [-0.15, -0.1) is 0 Å². The minimum absolute atomic E-state index is 0.00965. The highest BCUT2D eigenvalue weighted by molar-refractivity contribution is 5.94. The number of hydrogen-bond acceptors (Lipinski definition) is 5. The van der Waals surface area contributed by atoms with E-state index in [1.807, 2.05) is 49.4 Å². The molecule has 3 aromatic rings. The first kappa shape index (κ1) is 19.3. The van der Waals surface area contributed by atoms with E-state index in [4.69, 9.17) is 9.72 Å². The molecule has 29 heavy (non-hydrogen) atoms. The molecule has 6 nitrogen and oxygen atoms in total. The van der Waals surface area contributed by atoms with Gasteiger partial charge in [-0.2, -0.15) is 0 Å². The first-order valence-electron chi connectivity index (χ1n) is 10.0. The van der Waals surface area contributed by atoms with Gasteiger partial charge in [-0.25, -0.2) is 9.97 Å². The second-order valence-corrected chi connectivity index (χ2v) is 7.48. The molecule has 0 saturated carbocycles. The van der Waals surface area contributed by atoms with E-state index in [1.54, 1.807) is 7.11 Å². The molecule has 2 heterocycles. The normalized spacial score (nSPS) is 15.4. The smallest absolute Gasteiger partial charge is 0.227 e. The number of likely N-dealkylation sites (tertiary alicyclic amines) is 1. The Labute approximate surface area is 170 Å². The van der Waals surface area contributed by atoms with Crippen LogP contribution in [0.15, 0.2) is 48.5 Å². The Morgan fingerprint density at radius 1 is 1.10 bits per heavy atom. The molecule has 0 aliphatic carbocycles. The predicted molar refractivity (Wildman–Crippen MR) is 114 cm³/mol. The second-order valence-electron chi connectivity index (χ2n) is 7.48. The fourth-order valence-electron chi connectivity index (χ4n) is 3.90. The number of methoxy groups -OCH3 is 1. The predicted octanol–water partition coefficient (Wildman–Crippen LogP) is 3.80. The maximum Gasteiger partial charge on any atom is 0.227 e. The topological polar surface area (TPSA) is 67.3 Å². The number of hydrogen-bond donors (Lipinski definition) is 1. The maximum atomic E-state index is 12.7. The van der Waals surface area contributed by atoms with Crippen LogP contribution in [0.4, 0.5) is 5.69 Å². The number of ether oxygens (including phenoxy) is 1. The Morgan fingerprint density at radius 3 is 2.62 bits per heavy atom. The molecular formula is C23H26N4O2. The van der Waals surface area contributed by atoms with Gasteiger partial charge in [0, 0.05) is 17.0 Å². The summed E-state index contributed by atoms with van der Waals surface area (Å²) in [6.07, 6.45) is 1.65. The number of rotatable bonds is 5. The van der Waals surface area contributed by atoms with Crippen molar-refractivity contribution in [3.05, 3.63) is 60.0 Å². The second kappa shape index (κ2) is 8.57. The van der Waals surface area contributed by atoms with E-state index in [2.05, 4.69) is 21.3 Å². The molecule has 0 spiro atoms. The van der Waals surface area contributed by atoms with Crippen molar-refractivity contribution in [2.75, 3.05) is 25.5 Å². The van der Waals surface area contributed by atoms with Crippen molar-refractivity contribution >= 4 is 22.5 Å². The lowest BCUT2D eigenvalue weighted by atomic mass is 9.95. The van der Waals surface area contributed by atoms with Crippen molar-refractivity contribution in [2.24, 2.45) is 5.92 Å². The Hall–Kier alpha value is -2.99. The van der Waals surface area contributed by atoms with Gasteiger partial charge < -0.3 is 10.1 Å². The third kappa shape index (κ3) is 4.38. The molecule has 0 radical (unpaired) electrons. The number of aryl methyl sites for hydroxylation is 1. The molecule has 1 aliphatic heterocycles. The number of amides is 1. The van der Waals surface area contributed by atoms with Crippen molar-refractivity contribution in [1.82, 2.24) is 14.9 Å². The van der Waals surface area contributed by atoms with Crippen LogP contribution >= 0.6 is 0 Å². The highest BCUT2D eigenvalue weighted by atomic mass is 16.5. The molecule has 1 aliphatic rings. The number of benzene rings is 2. The number of nitrogens with zero attached hydrogens (tertiary/aromatic N) is 3. The van der Waals surface area contributed by atoms with Gasteiger partial charge >= 0.3 is 0 Å². The van der Waals surface area contributed by atoms with Gasteiger partial charge in [-0.05, 0) is 51.1 Å². The fourth-order valence-corrected chi connectivity index (χ4v) is 3.90. The van der Waals surface area contributed by atoms with Crippen molar-refractivity contribution < 1.29 is 9.53 Å². The zero-order chi connectivity index (χ0) is 20.2. The molecule has 150 valence electrons. The van der Waals surface area contributed by atoms with Crippen LogP contribution in [0.3, 0.4) is 0 Å². The molecule has 2 aromatic carbocycles. The van der Waals surface area contributed by atoms with E-state index in [-0.39, 0.29) is 11.8 Å². The zero-order valence-electron chi connectivity index (χ0n) is 16.9. The van der Waals surface area contributed by atoms with Crippen molar-refractivity contribution in [3.8, 4) is 5.75 Å². The lowest BCUT2D eigenvalue weighted by Gasteiger charge is -2.30. The minimum Gasteiger partial charge on any atom is -0.495 e. The number of anilines is 1. The number of aromatic nitrogens is 2. The largest absolute Gasteiger partial charge is 0.495 e. The number of carbonyl (C=O) groups excluding carboxylic acids is 1. The Bertz CT molecular complexity index is 1010. The Kier molecular flexibility index (Phi) is 5.71. The summed E-state index contributed by atoms with van der Waals surface area (Å²) in [6, 6.07) is 15.6. The monoisotopic (exact) mass is 390 g/mol. The summed E-state index contributed by atoms with van der Waals surface area (Å²) in [4.78, 5) is 24.4. The lowest BCUT2D eigenvalue weighted by molar-refractivity contribution is -0.121. The van der Waals surface area contributed by atoms with Crippen LogP contribution in [-0.2, 0) is 11.3 Å². The van der Waals surface area contributed by atoms with Crippen LogP contribution in [0, 0.1) is 12.8 Å². The zero-order valence-corrected chi connectivity index (χ0v) is 16.9. The molecule has 0 bridgehead atoms. The SMILES string of the molecule is COc1ccccc1NC(=O)C1CCN(Cc2nc(C)c3ccccc3n2)CC1. The summed E-state index contributed by atoms with van der Waals surface area (Å²) < 4.78 is 5.32. The third-order valence-electron chi connectivity index (χ3n) is 5.53. The lowest BCUT2D eigenvalue weighted by Crippen LogP contribution is -2.38. The van der Waals surface area contributed by atoms with Crippen LogP contribution in [0.25, 0.3) is 10.9 Å². The van der Waals surface area contributed by atoms with Crippen LogP contribution in [-0.4, -0.2) is 41.0 Å². The van der Waals surface area contributed by atoms with Gasteiger partial charge in [0.05, 0.1) is 24.9 Å². The number of para-hydroxylation sites is 3. The molecule has 1 fully saturated rings. The number of piperidine rings is 1. The van der Waals surface area contributed by atoms with Gasteiger partial charge in [-0.3, -0.25) is 9.69 Å². The first-order chi connectivity index (χ1) is 14.1. The summed E-state index contributed by atoms with van der Waals surface area (Å²) in [5, 5.41) is 4.12. The Balaban J connectivity index is 1.35. The van der Waals surface area contributed by atoms with E-state index in [1.165, 1.54) is 0 Å². The van der Waals surface area contributed by atoms with Gasteiger partial charge in [-0.1, -0.05) is 30.3 Å². The van der Waals surface area contributed by atoms with Crippen LogP contribution < -0.4 is 10.1 Å². The number of nitrogens with one attached hydrogen (secondary N) is 1. The molecule has 1 N–H and O–H groups in total. The summed E-state index contributed by atoms with van der Waals surface area (Å²) in [5.41, 5.74) is 2.72. The van der Waals surface area contributed by atoms with Gasteiger partial charge in [0.1, 0.15) is 11.6 Å². The van der Waals surface area contributed by atoms with Crippen molar-refractivity contribution in [1.29, 1.82) is 0 Å². The molecule has 1 amide bonds. The molecule has 0 unspecified atom stereocenters. The molecule has 4 rings (SSSR count). The van der Waals surface area contributed by atoms with Gasteiger partial charge in [0.15, 0.2) is 0 Å². The number of fused-ring (bicyclic) bond motifs is 1. The molecule has 6 heteroatoms. The van der Waals surface area contributed by atoms with Gasteiger partial charge in [0.25, 0.3) is 0 Å². The summed E-state index contributed by atoms with van der Waals surface area (Å²) in [6.45, 7) is 4.47. The third-order valence-corrected chi connectivity index (χ3v) is 5.53. The van der Waals surface area contributed by atoms with E-state index in [9.17, 15) is 4.79 Å². The highest BCUT2D eigenvalue weighted by Crippen LogP contribution is 2.26. The molecule has 1 saturated heterocycles. The fraction of sp³-hybridized carbons (Fsp3) is 0.348. The molecule has 0 atom stereocenters. The van der Waals surface area contributed by atoms with Crippen LogP contribution in [0.2, 0.25) is 0 Å². The van der Waals surface area contributed by atoms with Crippen molar-refractivity contribution in [2.45, 2.75) is 26.3 Å². The van der Waals surface area contributed by atoms with E-state index in [0.717, 1.165) is 54.0 Å². The van der Waals surface area contributed by atoms with E-state index in [0.29, 0.717) is 12.3 Å². The Morgan fingerprint density at radius 2 is 1.83 bits per heavy atom.